The summed E-state index contributed by atoms with van der Waals surface area (Å²) in [5.41, 5.74) is 2.56. The molecule has 1 aliphatic heterocycles. The summed E-state index contributed by atoms with van der Waals surface area (Å²) < 4.78 is 2.26. The van der Waals surface area contributed by atoms with Crippen LogP contribution in [0.5, 0.6) is 0 Å². The van der Waals surface area contributed by atoms with E-state index in [2.05, 4.69) is 62.7 Å². The summed E-state index contributed by atoms with van der Waals surface area (Å²) >= 11 is 9.09. The number of anilines is 1. The summed E-state index contributed by atoms with van der Waals surface area (Å²) in [4.78, 5) is 3.73. The van der Waals surface area contributed by atoms with E-state index in [1.807, 2.05) is 17.8 Å². The lowest BCUT2D eigenvalue weighted by Crippen LogP contribution is -2.17. The van der Waals surface area contributed by atoms with E-state index in [1.54, 1.807) is 0 Å². The molecule has 0 aromatic heterocycles. The number of benzene rings is 1. The van der Waals surface area contributed by atoms with E-state index in [0.717, 1.165) is 14.8 Å². The van der Waals surface area contributed by atoms with Crippen LogP contribution in [0.15, 0.2) is 37.7 Å². The van der Waals surface area contributed by atoms with Gasteiger partial charge in [-0.15, -0.1) is 11.8 Å². The second kappa shape index (κ2) is 4.52. The van der Waals surface area contributed by atoms with Crippen molar-refractivity contribution in [2.45, 2.75) is 13.8 Å². The summed E-state index contributed by atoms with van der Waals surface area (Å²) in [7, 11) is 0. The normalized spacial score (nSPS) is 16.4. The van der Waals surface area contributed by atoms with E-state index in [-0.39, 0.29) is 0 Å². The van der Waals surface area contributed by atoms with E-state index in [1.165, 1.54) is 16.3 Å². The molecule has 2 rings (SSSR count). The predicted octanol–water partition coefficient (Wildman–Crippen LogP) is 4.97. The van der Waals surface area contributed by atoms with Crippen molar-refractivity contribution in [1.29, 1.82) is 0 Å². The number of thioether (sulfide) groups is 1. The maximum atomic E-state index is 3.60. The van der Waals surface area contributed by atoms with Gasteiger partial charge in [0, 0.05) is 19.5 Å². The highest BCUT2D eigenvalue weighted by atomic mass is 79.9. The zero-order valence-corrected chi connectivity index (χ0v) is 12.5. The quantitative estimate of drug-likeness (QED) is 0.704. The molecule has 1 aliphatic rings. The van der Waals surface area contributed by atoms with Crippen molar-refractivity contribution >= 4 is 49.3 Å². The van der Waals surface area contributed by atoms with Crippen LogP contribution in [0, 0.1) is 0 Å². The standard InChI is InChI=1S/C11H11Br2NS/c1-7-8(2)15-6-14(7)11-9(12)4-3-5-10(11)13/h3-5H,6H2,1-2H3. The zero-order chi connectivity index (χ0) is 11.0. The predicted molar refractivity (Wildman–Crippen MR) is 75.2 cm³/mol. The van der Waals surface area contributed by atoms with Gasteiger partial charge in [0.1, 0.15) is 0 Å². The minimum atomic E-state index is 0.999. The van der Waals surface area contributed by atoms with Gasteiger partial charge in [-0.1, -0.05) is 6.07 Å². The summed E-state index contributed by atoms with van der Waals surface area (Å²) in [6.45, 7) is 4.34. The minimum Gasteiger partial charge on any atom is -0.333 e. The molecule has 1 nitrogen and oxygen atoms in total. The summed E-state index contributed by atoms with van der Waals surface area (Å²) in [5, 5.41) is 0. The molecule has 0 aliphatic carbocycles. The molecule has 0 radical (unpaired) electrons. The van der Waals surface area contributed by atoms with E-state index >= 15 is 0 Å². The highest BCUT2D eigenvalue weighted by Crippen LogP contribution is 2.42. The molecule has 0 bridgehead atoms. The van der Waals surface area contributed by atoms with E-state index in [4.69, 9.17) is 0 Å². The number of nitrogens with zero attached hydrogens (tertiary/aromatic N) is 1. The Kier molecular flexibility index (Phi) is 3.48. The third-order valence-electron chi connectivity index (χ3n) is 2.53. The van der Waals surface area contributed by atoms with Crippen LogP contribution in [0.3, 0.4) is 0 Å². The first kappa shape index (κ1) is 11.6. The van der Waals surface area contributed by atoms with Crippen LogP contribution in [0.25, 0.3) is 0 Å². The molecule has 0 saturated carbocycles. The first-order chi connectivity index (χ1) is 7.11. The van der Waals surface area contributed by atoms with E-state index in [0.29, 0.717) is 0 Å². The van der Waals surface area contributed by atoms with Gasteiger partial charge in [0.2, 0.25) is 0 Å². The lowest BCUT2D eigenvalue weighted by molar-refractivity contribution is 1.07. The maximum Gasteiger partial charge on any atom is 0.0729 e. The molecule has 0 saturated heterocycles. The van der Waals surface area contributed by atoms with Crippen molar-refractivity contribution in [2.75, 3.05) is 10.8 Å². The van der Waals surface area contributed by atoms with Gasteiger partial charge in [-0.2, -0.15) is 0 Å². The lowest BCUT2D eigenvalue weighted by Gasteiger charge is -2.22. The fourth-order valence-corrected chi connectivity index (χ4v) is 3.92. The number of hydrogen-bond donors (Lipinski definition) is 0. The molecule has 80 valence electrons. The lowest BCUT2D eigenvalue weighted by atomic mass is 10.3. The topological polar surface area (TPSA) is 3.24 Å². The van der Waals surface area contributed by atoms with Gasteiger partial charge in [-0.25, -0.2) is 0 Å². The summed E-state index contributed by atoms with van der Waals surface area (Å²) in [5.74, 6) is 0.999. The molecular formula is C11H11Br2NS. The first-order valence-electron chi connectivity index (χ1n) is 4.63. The summed E-state index contributed by atoms with van der Waals surface area (Å²) in [6.07, 6.45) is 0. The Hall–Kier alpha value is 0.0700. The van der Waals surface area contributed by atoms with Crippen LogP contribution in [0.4, 0.5) is 5.69 Å². The van der Waals surface area contributed by atoms with Crippen LogP contribution in [-0.2, 0) is 0 Å². The molecule has 0 unspecified atom stereocenters. The Morgan fingerprint density at radius 1 is 1.20 bits per heavy atom. The fourth-order valence-electron chi connectivity index (χ4n) is 1.53. The fraction of sp³-hybridized carbons (Fsp3) is 0.273. The molecule has 0 N–H and O–H groups in total. The number of rotatable bonds is 1. The number of hydrogen-bond acceptors (Lipinski definition) is 2. The molecule has 0 atom stereocenters. The molecule has 1 aromatic carbocycles. The van der Waals surface area contributed by atoms with Gasteiger partial charge in [0.15, 0.2) is 0 Å². The van der Waals surface area contributed by atoms with Crippen molar-refractivity contribution in [3.8, 4) is 0 Å². The third kappa shape index (κ3) is 2.12. The van der Waals surface area contributed by atoms with Crippen molar-refractivity contribution in [3.63, 3.8) is 0 Å². The number of para-hydroxylation sites is 1. The van der Waals surface area contributed by atoms with E-state index in [9.17, 15) is 0 Å². The molecular weight excluding hydrogens is 338 g/mol. The van der Waals surface area contributed by atoms with Gasteiger partial charge < -0.3 is 4.90 Å². The van der Waals surface area contributed by atoms with E-state index < -0.39 is 0 Å². The first-order valence-corrected chi connectivity index (χ1v) is 7.20. The van der Waals surface area contributed by atoms with Crippen LogP contribution >= 0.6 is 43.6 Å². The minimum absolute atomic E-state index is 0.999. The number of halogens is 2. The molecule has 1 aromatic rings. The van der Waals surface area contributed by atoms with Gasteiger partial charge >= 0.3 is 0 Å². The second-order valence-corrected chi connectivity index (χ2v) is 6.28. The Morgan fingerprint density at radius 3 is 2.27 bits per heavy atom. The van der Waals surface area contributed by atoms with Crippen molar-refractivity contribution in [3.05, 3.63) is 37.7 Å². The maximum absolute atomic E-state index is 3.60. The average molecular weight is 349 g/mol. The smallest absolute Gasteiger partial charge is 0.0729 e. The molecule has 0 spiro atoms. The van der Waals surface area contributed by atoms with Gasteiger partial charge in [0.05, 0.1) is 11.6 Å². The zero-order valence-electron chi connectivity index (χ0n) is 8.55. The largest absolute Gasteiger partial charge is 0.333 e. The van der Waals surface area contributed by atoms with Crippen LogP contribution in [0.2, 0.25) is 0 Å². The Bertz CT molecular complexity index is 408. The van der Waals surface area contributed by atoms with Gasteiger partial charge in [0.25, 0.3) is 0 Å². The molecule has 0 amide bonds. The Balaban J connectivity index is 2.47. The SMILES string of the molecule is CC1=C(C)N(c2c(Br)cccc2Br)CS1. The van der Waals surface area contributed by atoms with Crippen LogP contribution < -0.4 is 4.90 Å². The highest BCUT2D eigenvalue weighted by Gasteiger charge is 2.21. The van der Waals surface area contributed by atoms with Crippen molar-refractivity contribution < 1.29 is 0 Å². The van der Waals surface area contributed by atoms with Crippen molar-refractivity contribution in [1.82, 2.24) is 0 Å². The molecule has 1 heterocycles. The average Bonchev–Trinajstić information content (AvgIpc) is 2.49. The summed E-state index contributed by atoms with van der Waals surface area (Å²) in [6, 6.07) is 6.18. The van der Waals surface area contributed by atoms with Gasteiger partial charge in [-0.3, -0.25) is 0 Å². The Labute approximate surface area is 111 Å². The number of allylic oxidation sites excluding steroid dienone is 2. The molecule has 0 fully saturated rings. The second-order valence-electron chi connectivity index (χ2n) is 3.41. The highest BCUT2D eigenvalue weighted by molar-refractivity contribution is 9.11. The molecule has 4 heteroatoms. The Morgan fingerprint density at radius 2 is 1.80 bits per heavy atom. The van der Waals surface area contributed by atoms with Crippen molar-refractivity contribution in [2.24, 2.45) is 0 Å². The van der Waals surface area contributed by atoms with Gasteiger partial charge in [-0.05, 0) is 57.8 Å². The van der Waals surface area contributed by atoms with Crippen LogP contribution in [0.1, 0.15) is 13.8 Å². The third-order valence-corrected chi connectivity index (χ3v) is 4.93. The monoisotopic (exact) mass is 347 g/mol. The molecule has 15 heavy (non-hydrogen) atoms. The van der Waals surface area contributed by atoms with Crippen LogP contribution in [-0.4, -0.2) is 5.88 Å².